The maximum absolute atomic E-state index is 13.7. The molecule has 2 aliphatic heterocycles. The molecular formula is C30H37F2N3O5S. The van der Waals surface area contributed by atoms with Crippen molar-refractivity contribution >= 4 is 21.8 Å². The van der Waals surface area contributed by atoms with Gasteiger partial charge < -0.3 is 15.0 Å². The van der Waals surface area contributed by atoms with Gasteiger partial charge in [-0.2, -0.15) is 4.31 Å². The molecule has 11 heteroatoms. The Labute approximate surface area is 240 Å². The standard InChI is InChI=1S/C30H37F2N3O5S/c1-41(38,39)35-15-13-34(14-16-35)29(37)27(33-28(36)22-6-10-25(32)11-7-22)18-30(19-40-20-30)12-2-3-23-17-26(23)21-4-8-24(31)9-5-21/h4-11,23,26-27H,2-3,12-20H2,1H3,(H,33,36)/t23-,26+,27-/m0/s1. The molecule has 1 N–H and O–H groups in total. The number of nitrogens with zero attached hydrogens (tertiary/aromatic N) is 2. The van der Waals surface area contributed by atoms with Crippen molar-refractivity contribution < 1.29 is 31.5 Å². The van der Waals surface area contributed by atoms with Gasteiger partial charge in [-0.15, -0.1) is 0 Å². The number of benzene rings is 2. The van der Waals surface area contributed by atoms with Crippen molar-refractivity contribution in [2.75, 3.05) is 45.6 Å². The summed E-state index contributed by atoms with van der Waals surface area (Å²) in [4.78, 5) is 28.4. The summed E-state index contributed by atoms with van der Waals surface area (Å²) in [6.45, 7) is 1.88. The molecule has 1 aliphatic carbocycles. The van der Waals surface area contributed by atoms with E-state index in [0.29, 0.717) is 31.5 Å². The zero-order chi connectivity index (χ0) is 29.2. The average Bonchev–Trinajstić information content (AvgIpc) is 3.70. The van der Waals surface area contributed by atoms with Crippen molar-refractivity contribution in [3.8, 4) is 0 Å². The first kappa shape index (κ1) is 29.6. The van der Waals surface area contributed by atoms with Crippen molar-refractivity contribution in [3.63, 3.8) is 0 Å². The Kier molecular flexibility index (Phi) is 8.77. The highest BCUT2D eigenvalue weighted by atomic mass is 32.2. The molecule has 2 saturated heterocycles. The fourth-order valence-corrected chi connectivity index (χ4v) is 6.94. The molecule has 3 atom stereocenters. The minimum Gasteiger partial charge on any atom is -0.380 e. The molecule has 5 rings (SSSR count). The van der Waals surface area contributed by atoms with Gasteiger partial charge >= 0.3 is 0 Å². The zero-order valence-corrected chi connectivity index (χ0v) is 24.0. The topological polar surface area (TPSA) is 96.0 Å². The van der Waals surface area contributed by atoms with Crippen molar-refractivity contribution in [3.05, 3.63) is 71.3 Å². The smallest absolute Gasteiger partial charge is 0.251 e. The summed E-state index contributed by atoms with van der Waals surface area (Å²) in [7, 11) is -3.35. The second-order valence-electron chi connectivity index (χ2n) is 11.8. The summed E-state index contributed by atoms with van der Waals surface area (Å²) >= 11 is 0. The molecule has 0 spiro atoms. The average molecular weight is 590 g/mol. The number of carbonyl (C=O) groups excluding carboxylic acids is 2. The van der Waals surface area contributed by atoms with Crippen LogP contribution in [-0.2, 0) is 19.6 Å². The number of halogens is 2. The van der Waals surface area contributed by atoms with E-state index in [4.69, 9.17) is 4.74 Å². The number of ether oxygens (including phenoxy) is 1. The van der Waals surface area contributed by atoms with Crippen LogP contribution in [0.1, 0.15) is 53.9 Å². The van der Waals surface area contributed by atoms with Gasteiger partial charge in [-0.05, 0) is 79.5 Å². The van der Waals surface area contributed by atoms with Crippen LogP contribution < -0.4 is 5.32 Å². The first-order valence-electron chi connectivity index (χ1n) is 14.2. The van der Waals surface area contributed by atoms with Gasteiger partial charge in [-0.3, -0.25) is 9.59 Å². The third kappa shape index (κ3) is 7.31. The molecule has 222 valence electrons. The molecule has 8 nitrogen and oxygen atoms in total. The zero-order valence-electron chi connectivity index (χ0n) is 23.2. The van der Waals surface area contributed by atoms with Gasteiger partial charge in [-0.25, -0.2) is 17.2 Å². The lowest BCUT2D eigenvalue weighted by Gasteiger charge is -2.44. The molecule has 0 unspecified atom stereocenters. The fraction of sp³-hybridized carbons (Fsp3) is 0.533. The van der Waals surface area contributed by atoms with Gasteiger partial charge in [-0.1, -0.05) is 18.6 Å². The summed E-state index contributed by atoms with van der Waals surface area (Å²) < 4.78 is 57.5. The summed E-state index contributed by atoms with van der Waals surface area (Å²) in [5.74, 6) is -0.391. The number of sulfonamides is 1. The Morgan fingerprint density at radius 2 is 1.61 bits per heavy atom. The minimum absolute atomic E-state index is 0.202. The quantitative estimate of drug-likeness (QED) is 0.433. The highest BCUT2D eigenvalue weighted by Gasteiger charge is 2.44. The van der Waals surface area contributed by atoms with Crippen molar-refractivity contribution in [1.82, 2.24) is 14.5 Å². The third-order valence-electron chi connectivity index (χ3n) is 8.69. The molecule has 41 heavy (non-hydrogen) atoms. The Hall–Kier alpha value is -2.89. The Balaban J connectivity index is 1.22. The lowest BCUT2D eigenvalue weighted by atomic mass is 9.75. The molecule has 2 heterocycles. The molecule has 2 aromatic carbocycles. The van der Waals surface area contributed by atoms with Crippen LogP contribution in [0.4, 0.5) is 8.78 Å². The SMILES string of the molecule is CS(=O)(=O)N1CCN(C(=O)[C@H](CC2(CCC[C@H]3C[C@@H]3c3ccc(F)cc3)COC2)NC(=O)c2ccc(F)cc2)CC1. The molecule has 0 radical (unpaired) electrons. The number of nitrogens with one attached hydrogen (secondary N) is 1. The summed E-state index contributed by atoms with van der Waals surface area (Å²) in [6, 6.07) is 11.1. The highest BCUT2D eigenvalue weighted by molar-refractivity contribution is 7.88. The number of hydrogen-bond donors (Lipinski definition) is 1. The molecule has 0 bridgehead atoms. The molecule has 3 aliphatic rings. The minimum atomic E-state index is -3.35. The normalized spacial score (nSPS) is 23.0. The number of piperazine rings is 1. The molecule has 3 fully saturated rings. The van der Waals surface area contributed by atoms with Gasteiger partial charge in [0.25, 0.3) is 5.91 Å². The summed E-state index contributed by atoms with van der Waals surface area (Å²) in [5, 5.41) is 2.89. The predicted octanol–water partition coefficient (Wildman–Crippen LogP) is 3.55. The van der Waals surface area contributed by atoms with Crippen LogP contribution in [0.3, 0.4) is 0 Å². The molecular weight excluding hydrogens is 552 g/mol. The van der Waals surface area contributed by atoms with E-state index in [9.17, 15) is 26.8 Å². The van der Waals surface area contributed by atoms with Crippen molar-refractivity contribution in [2.24, 2.45) is 11.3 Å². The van der Waals surface area contributed by atoms with E-state index in [1.54, 1.807) is 4.90 Å². The van der Waals surface area contributed by atoms with E-state index >= 15 is 0 Å². The van der Waals surface area contributed by atoms with E-state index in [1.165, 1.54) is 46.3 Å². The third-order valence-corrected chi connectivity index (χ3v) is 9.99. The van der Waals surface area contributed by atoms with Crippen LogP contribution in [0.2, 0.25) is 0 Å². The maximum Gasteiger partial charge on any atom is 0.251 e. The molecule has 2 aromatic rings. The van der Waals surface area contributed by atoms with Gasteiger partial charge in [0.2, 0.25) is 15.9 Å². The van der Waals surface area contributed by atoms with E-state index in [2.05, 4.69) is 5.32 Å². The van der Waals surface area contributed by atoms with E-state index < -0.39 is 27.8 Å². The van der Waals surface area contributed by atoms with Gasteiger partial charge in [0.15, 0.2) is 0 Å². The fourth-order valence-electron chi connectivity index (χ4n) is 6.12. The Morgan fingerprint density at radius 1 is 1.00 bits per heavy atom. The maximum atomic E-state index is 13.7. The molecule has 2 amide bonds. The first-order valence-corrected chi connectivity index (χ1v) is 16.0. The summed E-state index contributed by atoms with van der Waals surface area (Å²) in [6.07, 6.45) is 5.46. The monoisotopic (exact) mass is 589 g/mol. The second kappa shape index (κ2) is 12.1. The van der Waals surface area contributed by atoms with E-state index in [1.807, 2.05) is 12.1 Å². The van der Waals surface area contributed by atoms with Crippen molar-refractivity contribution in [2.45, 2.75) is 44.1 Å². The summed E-state index contributed by atoms with van der Waals surface area (Å²) in [5.41, 5.74) is 1.17. The van der Waals surface area contributed by atoms with Gasteiger partial charge in [0.05, 0.1) is 19.5 Å². The molecule has 1 saturated carbocycles. The van der Waals surface area contributed by atoms with Crippen LogP contribution in [-0.4, -0.2) is 81.1 Å². The van der Waals surface area contributed by atoms with Crippen molar-refractivity contribution in [1.29, 1.82) is 0 Å². The van der Waals surface area contributed by atoms with Gasteiger partial charge in [0, 0.05) is 37.2 Å². The largest absolute Gasteiger partial charge is 0.380 e. The number of rotatable bonds is 11. The van der Waals surface area contributed by atoms with Gasteiger partial charge in [0.1, 0.15) is 17.7 Å². The van der Waals surface area contributed by atoms with Crippen LogP contribution in [0, 0.1) is 23.0 Å². The Bertz CT molecular complexity index is 1340. The molecule has 0 aromatic heterocycles. The predicted molar refractivity (Wildman–Crippen MR) is 150 cm³/mol. The number of hydrogen-bond acceptors (Lipinski definition) is 5. The lowest BCUT2D eigenvalue weighted by Crippen LogP contribution is -2.58. The lowest BCUT2D eigenvalue weighted by molar-refractivity contribution is -0.145. The van der Waals surface area contributed by atoms with Crippen LogP contribution in [0.5, 0.6) is 0 Å². The Morgan fingerprint density at radius 3 is 2.17 bits per heavy atom. The van der Waals surface area contributed by atoms with Crippen LogP contribution >= 0.6 is 0 Å². The number of amides is 2. The second-order valence-corrected chi connectivity index (χ2v) is 13.7. The van der Waals surface area contributed by atoms with E-state index in [0.717, 1.165) is 31.9 Å². The first-order chi connectivity index (χ1) is 19.5. The van der Waals surface area contributed by atoms with Crippen LogP contribution in [0.25, 0.3) is 0 Å². The van der Waals surface area contributed by atoms with E-state index in [-0.39, 0.29) is 48.9 Å². The number of carbonyl (C=O) groups is 2. The highest BCUT2D eigenvalue weighted by Crippen LogP contribution is 2.51. The van der Waals surface area contributed by atoms with Crippen LogP contribution in [0.15, 0.2) is 48.5 Å².